The third kappa shape index (κ3) is 3.18. The van der Waals surface area contributed by atoms with Crippen molar-refractivity contribution in [3.63, 3.8) is 0 Å². The number of hydrogen-bond acceptors (Lipinski definition) is 4. The van der Waals surface area contributed by atoms with E-state index in [1.807, 2.05) is 67.6 Å². The molecule has 2 aromatic carbocycles. The summed E-state index contributed by atoms with van der Waals surface area (Å²) in [5.41, 5.74) is 5.45. The van der Waals surface area contributed by atoms with Gasteiger partial charge in [0.2, 0.25) is 5.91 Å². The number of aryl methyl sites for hydroxylation is 2. The van der Waals surface area contributed by atoms with Crippen LogP contribution >= 0.6 is 0 Å². The molecule has 3 aromatic heterocycles. The molecular formula is C23H19N5O. The van der Waals surface area contributed by atoms with Crippen LogP contribution in [-0.2, 0) is 11.3 Å². The van der Waals surface area contributed by atoms with Crippen LogP contribution in [0.1, 0.15) is 12.0 Å². The molecule has 3 heterocycles. The normalized spacial score (nSPS) is 11.3. The number of fused-ring (bicyclic) bond motifs is 4. The van der Waals surface area contributed by atoms with Gasteiger partial charge in [0.25, 0.3) is 0 Å². The van der Waals surface area contributed by atoms with Crippen molar-refractivity contribution >= 4 is 44.8 Å². The number of rotatable bonds is 4. The summed E-state index contributed by atoms with van der Waals surface area (Å²) >= 11 is 0. The predicted molar refractivity (Wildman–Crippen MR) is 115 cm³/mol. The number of nitrogens with one attached hydrogen (secondary N) is 1. The number of benzene rings is 2. The van der Waals surface area contributed by atoms with Crippen molar-refractivity contribution in [2.45, 2.75) is 19.9 Å². The van der Waals surface area contributed by atoms with Crippen LogP contribution in [0.25, 0.3) is 33.1 Å². The highest BCUT2D eigenvalue weighted by molar-refractivity contribution is 6.06. The van der Waals surface area contributed by atoms with E-state index in [4.69, 9.17) is 9.97 Å². The molecule has 0 unspecified atom stereocenters. The number of anilines is 1. The van der Waals surface area contributed by atoms with Crippen molar-refractivity contribution in [2.75, 3.05) is 5.32 Å². The summed E-state index contributed by atoms with van der Waals surface area (Å²) < 4.78 is 2.08. The molecule has 0 fully saturated rings. The molecule has 1 N–H and O–H groups in total. The predicted octanol–water partition coefficient (Wildman–Crippen LogP) is 4.47. The van der Waals surface area contributed by atoms with Crippen molar-refractivity contribution in [3.05, 3.63) is 72.4 Å². The molecule has 29 heavy (non-hydrogen) atoms. The molecule has 6 nitrogen and oxygen atoms in total. The first-order valence-corrected chi connectivity index (χ1v) is 9.55. The molecule has 0 atom stereocenters. The zero-order chi connectivity index (χ0) is 19.8. The lowest BCUT2D eigenvalue weighted by Crippen LogP contribution is -2.15. The molecule has 5 rings (SSSR count). The lowest BCUT2D eigenvalue weighted by Gasteiger charge is -2.08. The van der Waals surface area contributed by atoms with Gasteiger partial charge in [-0.05, 0) is 42.8 Å². The van der Waals surface area contributed by atoms with E-state index >= 15 is 0 Å². The Morgan fingerprint density at radius 3 is 2.59 bits per heavy atom. The van der Waals surface area contributed by atoms with Crippen molar-refractivity contribution in [1.82, 2.24) is 19.5 Å². The Bertz CT molecular complexity index is 1370. The summed E-state index contributed by atoms with van der Waals surface area (Å²) in [7, 11) is 0. The fraction of sp³-hybridized carbons (Fsp3) is 0.130. The summed E-state index contributed by atoms with van der Waals surface area (Å²) in [6.45, 7) is 2.48. The summed E-state index contributed by atoms with van der Waals surface area (Å²) in [6, 6.07) is 19.7. The van der Waals surface area contributed by atoms with E-state index in [0.29, 0.717) is 18.8 Å². The Kier molecular flexibility index (Phi) is 4.17. The number of hydrogen-bond donors (Lipinski definition) is 1. The Labute approximate surface area is 167 Å². The number of nitrogens with zero attached hydrogens (tertiary/aromatic N) is 4. The molecule has 142 valence electrons. The van der Waals surface area contributed by atoms with E-state index < -0.39 is 0 Å². The maximum Gasteiger partial charge on any atom is 0.227 e. The summed E-state index contributed by atoms with van der Waals surface area (Å²) in [5.74, 6) is 0.491. The largest absolute Gasteiger partial charge is 0.323 e. The highest BCUT2D eigenvalue weighted by Crippen LogP contribution is 2.28. The molecule has 0 saturated heterocycles. The fourth-order valence-electron chi connectivity index (χ4n) is 3.63. The highest BCUT2D eigenvalue weighted by atomic mass is 16.1. The van der Waals surface area contributed by atoms with Gasteiger partial charge in [0, 0.05) is 24.5 Å². The van der Waals surface area contributed by atoms with Crippen molar-refractivity contribution in [2.24, 2.45) is 0 Å². The van der Waals surface area contributed by atoms with Gasteiger partial charge >= 0.3 is 0 Å². The SMILES string of the molecule is Cc1ccnc(NC(=O)CCn2c3ccccc3c3nc4ccccc4nc32)c1. The summed E-state index contributed by atoms with van der Waals surface area (Å²) in [5, 5.41) is 3.91. The fourth-order valence-corrected chi connectivity index (χ4v) is 3.63. The van der Waals surface area contributed by atoms with Crippen LogP contribution in [0.5, 0.6) is 0 Å². The smallest absolute Gasteiger partial charge is 0.227 e. The molecule has 1 amide bonds. The third-order valence-electron chi connectivity index (χ3n) is 5.00. The maximum absolute atomic E-state index is 12.5. The zero-order valence-corrected chi connectivity index (χ0v) is 16.0. The number of carbonyl (C=O) groups excluding carboxylic acids is 1. The van der Waals surface area contributed by atoms with Gasteiger partial charge in [-0.1, -0.05) is 30.3 Å². The van der Waals surface area contributed by atoms with Gasteiger partial charge in [0.1, 0.15) is 11.3 Å². The van der Waals surface area contributed by atoms with Crippen molar-refractivity contribution < 1.29 is 4.79 Å². The van der Waals surface area contributed by atoms with Crippen LogP contribution in [0, 0.1) is 6.92 Å². The Hall–Kier alpha value is -3.80. The second kappa shape index (κ2) is 6.98. The molecule has 0 aliphatic carbocycles. The van der Waals surface area contributed by atoms with Gasteiger partial charge in [-0.3, -0.25) is 4.79 Å². The van der Waals surface area contributed by atoms with Crippen LogP contribution < -0.4 is 5.32 Å². The number of amides is 1. The molecule has 0 bridgehead atoms. The molecule has 0 aliphatic rings. The lowest BCUT2D eigenvalue weighted by molar-refractivity contribution is -0.116. The maximum atomic E-state index is 12.5. The number of carbonyl (C=O) groups is 1. The van der Waals surface area contributed by atoms with E-state index in [9.17, 15) is 4.79 Å². The van der Waals surface area contributed by atoms with E-state index in [0.717, 1.165) is 38.7 Å². The highest BCUT2D eigenvalue weighted by Gasteiger charge is 2.15. The molecule has 6 heteroatoms. The van der Waals surface area contributed by atoms with Gasteiger partial charge < -0.3 is 9.88 Å². The molecule has 0 aliphatic heterocycles. The quantitative estimate of drug-likeness (QED) is 0.498. The van der Waals surface area contributed by atoms with Crippen molar-refractivity contribution in [3.8, 4) is 0 Å². The molecule has 0 spiro atoms. The van der Waals surface area contributed by atoms with Gasteiger partial charge in [-0.25, -0.2) is 15.0 Å². The average molecular weight is 381 g/mol. The zero-order valence-electron chi connectivity index (χ0n) is 16.0. The van der Waals surface area contributed by atoms with Gasteiger partial charge in [0.15, 0.2) is 5.65 Å². The van der Waals surface area contributed by atoms with Crippen LogP contribution in [0.3, 0.4) is 0 Å². The van der Waals surface area contributed by atoms with Crippen LogP contribution in [-0.4, -0.2) is 25.4 Å². The second-order valence-electron chi connectivity index (χ2n) is 7.07. The second-order valence-corrected chi connectivity index (χ2v) is 7.07. The van der Waals surface area contributed by atoms with Gasteiger partial charge in [-0.15, -0.1) is 0 Å². The lowest BCUT2D eigenvalue weighted by atomic mass is 10.2. The van der Waals surface area contributed by atoms with E-state index in [1.54, 1.807) is 6.20 Å². The topological polar surface area (TPSA) is 72.7 Å². The Balaban J connectivity index is 1.51. The first-order chi connectivity index (χ1) is 14.2. The van der Waals surface area contributed by atoms with E-state index in [-0.39, 0.29) is 5.91 Å². The molecular weight excluding hydrogens is 362 g/mol. The van der Waals surface area contributed by atoms with Crippen LogP contribution in [0.2, 0.25) is 0 Å². The Morgan fingerprint density at radius 1 is 1.00 bits per heavy atom. The van der Waals surface area contributed by atoms with Crippen LogP contribution in [0.15, 0.2) is 66.9 Å². The average Bonchev–Trinajstić information content (AvgIpc) is 3.03. The standard InChI is InChI=1S/C23H19N5O/c1-15-10-12-24-20(14-15)27-21(29)11-13-28-19-9-5-2-6-16(19)22-23(28)26-18-8-4-3-7-17(18)25-22/h2-10,12,14H,11,13H2,1H3,(H,24,27,29). The van der Waals surface area contributed by atoms with E-state index in [2.05, 4.69) is 14.9 Å². The van der Waals surface area contributed by atoms with Gasteiger partial charge in [-0.2, -0.15) is 0 Å². The molecule has 0 radical (unpaired) electrons. The number of aromatic nitrogens is 4. The third-order valence-corrected chi connectivity index (χ3v) is 5.00. The van der Waals surface area contributed by atoms with Crippen LogP contribution in [0.4, 0.5) is 5.82 Å². The van der Waals surface area contributed by atoms with E-state index in [1.165, 1.54) is 0 Å². The summed E-state index contributed by atoms with van der Waals surface area (Å²) in [6.07, 6.45) is 2.01. The number of pyridine rings is 1. The van der Waals surface area contributed by atoms with Crippen molar-refractivity contribution in [1.29, 1.82) is 0 Å². The molecule has 0 saturated carbocycles. The minimum absolute atomic E-state index is 0.0808. The first kappa shape index (κ1) is 17.3. The minimum Gasteiger partial charge on any atom is -0.323 e. The monoisotopic (exact) mass is 381 g/mol. The van der Waals surface area contributed by atoms with Gasteiger partial charge in [0.05, 0.1) is 16.6 Å². The molecule has 5 aromatic rings. The summed E-state index contributed by atoms with van der Waals surface area (Å²) in [4.78, 5) is 26.4. The Morgan fingerprint density at radius 2 is 1.76 bits per heavy atom. The first-order valence-electron chi connectivity index (χ1n) is 9.55. The number of para-hydroxylation sites is 3. The minimum atomic E-state index is -0.0808.